The molecule has 0 aliphatic heterocycles. The zero-order valence-corrected chi connectivity index (χ0v) is 28.7. The number of benzene rings is 4. The highest BCUT2D eigenvalue weighted by atomic mass is 16.7. The van der Waals surface area contributed by atoms with Gasteiger partial charge in [-0.3, -0.25) is 0 Å². The lowest BCUT2D eigenvalue weighted by Crippen LogP contribution is -2.35. The number of carbonyl (C=O) groups excluding carboxylic acids is 2. The van der Waals surface area contributed by atoms with Gasteiger partial charge in [0.2, 0.25) is 0 Å². The molecule has 4 unspecified atom stereocenters. The summed E-state index contributed by atoms with van der Waals surface area (Å²) in [6.07, 6.45) is -4.65. The van der Waals surface area contributed by atoms with E-state index in [0.29, 0.717) is 11.5 Å². The fourth-order valence-corrected chi connectivity index (χ4v) is 6.16. The lowest BCUT2D eigenvalue weighted by molar-refractivity contribution is -0.174. The van der Waals surface area contributed by atoms with Crippen molar-refractivity contribution < 1.29 is 38.7 Å². The van der Waals surface area contributed by atoms with Crippen LogP contribution >= 0.6 is 0 Å². The lowest BCUT2D eigenvalue weighted by atomic mass is 9.67. The molecule has 1 aliphatic rings. The van der Waals surface area contributed by atoms with Crippen LogP contribution in [0.4, 0.5) is 0 Å². The van der Waals surface area contributed by atoms with Crippen molar-refractivity contribution in [3.8, 4) is 22.6 Å². The SMILES string of the molecule is C=C(C)C(=O)OC(Oc1ccc(C2(c3ccc(OC(OC(=O)C(=C)C)C(C)O)c(C)c3)c3ccccc3-c3ccccc32)cc1C)C(C)O. The third-order valence-corrected chi connectivity index (χ3v) is 8.59. The molecule has 2 N–H and O–H groups in total. The summed E-state index contributed by atoms with van der Waals surface area (Å²) in [5.41, 5.74) is 7.50. The van der Waals surface area contributed by atoms with Gasteiger partial charge in [-0.25, -0.2) is 9.59 Å². The topological polar surface area (TPSA) is 112 Å². The van der Waals surface area contributed by atoms with Gasteiger partial charge in [0.05, 0.1) is 5.41 Å². The van der Waals surface area contributed by atoms with E-state index >= 15 is 0 Å². The van der Waals surface area contributed by atoms with Gasteiger partial charge < -0.3 is 29.2 Å². The van der Waals surface area contributed by atoms with E-state index < -0.39 is 42.1 Å². The van der Waals surface area contributed by atoms with Crippen LogP contribution in [0.15, 0.2) is 109 Å². The van der Waals surface area contributed by atoms with Crippen molar-refractivity contribution in [2.75, 3.05) is 0 Å². The molecule has 5 rings (SSSR count). The maximum absolute atomic E-state index is 12.3. The molecule has 254 valence electrons. The van der Waals surface area contributed by atoms with E-state index in [-0.39, 0.29) is 11.1 Å². The number of esters is 2. The van der Waals surface area contributed by atoms with Gasteiger partial charge in [-0.15, -0.1) is 0 Å². The highest BCUT2D eigenvalue weighted by Crippen LogP contribution is 2.56. The summed E-state index contributed by atoms with van der Waals surface area (Å²) in [5, 5.41) is 20.7. The molecule has 0 heterocycles. The number of fused-ring (bicyclic) bond motifs is 3. The van der Waals surface area contributed by atoms with Gasteiger partial charge in [0, 0.05) is 11.1 Å². The Balaban J connectivity index is 1.63. The van der Waals surface area contributed by atoms with Crippen LogP contribution in [-0.4, -0.2) is 46.9 Å². The molecule has 4 atom stereocenters. The summed E-state index contributed by atoms with van der Waals surface area (Å²) in [6.45, 7) is 17.1. The average Bonchev–Trinajstić information content (AvgIpc) is 3.36. The van der Waals surface area contributed by atoms with Crippen LogP contribution in [0.2, 0.25) is 0 Å². The minimum atomic E-state index is -1.23. The van der Waals surface area contributed by atoms with Crippen molar-refractivity contribution >= 4 is 11.9 Å². The molecular formula is C41H42O8. The number of aryl methyl sites for hydroxylation is 2. The standard InChI is InChI=1S/C41H42O8/c1-23(2)37(44)48-39(27(7)42)46-35-19-17-29(21-25(35)5)41(33-15-11-9-13-31(33)32-14-10-12-16-34(32)41)30-18-20-36(26(6)22-30)47-40(28(8)43)49-38(45)24(3)4/h9-22,27-28,39-40,42-43H,1,3H2,2,4-8H3. The van der Waals surface area contributed by atoms with E-state index in [9.17, 15) is 19.8 Å². The van der Waals surface area contributed by atoms with Crippen molar-refractivity contribution in [2.45, 2.75) is 71.7 Å². The molecule has 8 heteroatoms. The maximum atomic E-state index is 12.3. The molecule has 0 bridgehead atoms. The largest absolute Gasteiger partial charge is 0.452 e. The van der Waals surface area contributed by atoms with E-state index in [4.69, 9.17) is 18.9 Å². The molecule has 0 saturated heterocycles. The number of aliphatic hydroxyl groups is 2. The average molecular weight is 663 g/mol. The third kappa shape index (κ3) is 6.75. The van der Waals surface area contributed by atoms with Gasteiger partial charge in [0.1, 0.15) is 23.7 Å². The second-order valence-electron chi connectivity index (χ2n) is 12.6. The summed E-state index contributed by atoms with van der Waals surface area (Å²) >= 11 is 0. The maximum Gasteiger partial charge on any atom is 0.336 e. The molecule has 0 radical (unpaired) electrons. The number of aliphatic hydroxyl groups excluding tert-OH is 2. The van der Waals surface area contributed by atoms with Crippen LogP contribution in [-0.2, 0) is 24.5 Å². The summed E-state index contributed by atoms with van der Waals surface area (Å²) < 4.78 is 22.8. The molecule has 8 nitrogen and oxygen atoms in total. The van der Waals surface area contributed by atoms with Crippen LogP contribution in [0.25, 0.3) is 11.1 Å². The first-order chi connectivity index (χ1) is 23.2. The molecule has 0 fully saturated rings. The molecule has 0 spiro atoms. The van der Waals surface area contributed by atoms with E-state index in [1.165, 1.54) is 27.7 Å². The Morgan fingerprint density at radius 1 is 0.633 bits per heavy atom. The molecule has 4 aromatic rings. The van der Waals surface area contributed by atoms with Crippen molar-refractivity contribution in [3.05, 3.63) is 143 Å². The van der Waals surface area contributed by atoms with E-state index in [1.54, 1.807) is 0 Å². The summed E-state index contributed by atoms with van der Waals surface area (Å²) in [5.74, 6) is -0.413. The first kappa shape index (κ1) is 35.1. The number of hydrogen-bond donors (Lipinski definition) is 2. The van der Waals surface area contributed by atoms with Crippen LogP contribution < -0.4 is 9.47 Å². The van der Waals surface area contributed by atoms with Gasteiger partial charge >= 0.3 is 11.9 Å². The molecule has 0 aromatic heterocycles. The summed E-state index contributed by atoms with van der Waals surface area (Å²) in [7, 11) is 0. The van der Waals surface area contributed by atoms with Gasteiger partial charge in [-0.1, -0.05) is 86.0 Å². The molecule has 0 saturated carbocycles. The minimum Gasteiger partial charge on any atom is -0.452 e. The van der Waals surface area contributed by atoms with Gasteiger partial charge in [0.25, 0.3) is 12.6 Å². The Labute approximate surface area is 287 Å². The Kier molecular flexibility index (Phi) is 10.1. The smallest absolute Gasteiger partial charge is 0.336 e. The van der Waals surface area contributed by atoms with Crippen LogP contribution in [0.3, 0.4) is 0 Å². The molecule has 49 heavy (non-hydrogen) atoms. The quantitative estimate of drug-likeness (QED) is 0.0829. The van der Waals surface area contributed by atoms with Crippen molar-refractivity contribution in [3.63, 3.8) is 0 Å². The molecule has 4 aromatic carbocycles. The fraction of sp³-hybridized carbons (Fsp3) is 0.268. The summed E-state index contributed by atoms with van der Waals surface area (Å²) in [6, 6.07) is 28.4. The van der Waals surface area contributed by atoms with Crippen LogP contribution in [0.5, 0.6) is 11.5 Å². The number of hydrogen-bond acceptors (Lipinski definition) is 8. The minimum absolute atomic E-state index is 0.197. The first-order valence-electron chi connectivity index (χ1n) is 16.1. The lowest BCUT2D eigenvalue weighted by Gasteiger charge is -2.35. The van der Waals surface area contributed by atoms with Gasteiger partial charge in [0.15, 0.2) is 0 Å². The second-order valence-corrected chi connectivity index (χ2v) is 12.6. The normalized spacial score (nSPS) is 15.1. The number of rotatable bonds is 12. The Hall–Kier alpha value is -5.18. The predicted octanol–water partition coefficient (Wildman–Crippen LogP) is 7.08. The highest BCUT2D eigenvalue weighted by molar-refractivity contribution is 5.88. The zero-order chi connectivity index (χ0) is 35.6. The molecular weight excluding hydrogens is 620 g/mol. The predicted molar refractivity (Wildman–Crippen MR) is 187 cm³/mol. The van der Waals surface area contributed by atoms with Gasteiger partial charge in [-0.2, -0.15) is 0 Å². The van der Waals surface area contributed by atoms with Crippen LogP contribution in [0, 0.1) is 13.8 Å². The Morgan fingerprint density at radius 2 is 1.00 bits per heavy atom. The zero-order valence-electron chi connectivity index (χ0n) is 28.7. The molecule has 1 aliphatic carbocycles. The van der Waals surface area contributed by atoms with E-state index in [0.717, 1.165) is 44.5 Å². The molecule has 0 amide bonds. The summed E-state index contributed by atoms with van der Waals surface area (Å²) in [4.78, 5) is 24.5. The Morgan fingerprint density at radius 3 is 1.33 bits per heavy atom. The fourth-order valence-electron chi connectivity index (χ4n) is 6.16. The van der Waals surface area contributed by atoms with Gasteiger partial charge in [-0.05, 0) is 98.2 Å². The number of carbonyl (C=O) groups is 2. The third-order valence-electron chi connectivity index (χ3n) is 8.59. The van der Waals surface area contributed by atoms with Crippen molar-refractivity contribution in [2.24, 2.45) is 0 Å². The van der Waals surface area contributed by atoms with E-state index in [2.05, 4.69) is 37.4 Å². The number of ether oxygens (including phenoxy) is 4. The second kappa shape index (κ2) is 14.1. The van der Waals surface area contributed by atoms with E-state index in [1.807, 2.05) is 74.5 Å². The van der Waals surface area contributed by atoms with Crippen LogP contribution in [0.1, 0.15) is 61.1 Å². The first-order valence-corrected chi connectivity index (χ1v) is 16.1. The monoisotopic (exact) mass is 662 g/mol. The van der Waals surface area contributed by atoms with Crippen molar-refractivity contribution in [1.82, 2.24) is 0 Å². The van der Waals surface area contributed by atoms with Crippen molar-refractivity contribution in [1.29, 1.82) is 0 Å². The highest BCUT2D eigenvalue weighted by Gasteiger charge is 2.46. The Bertz CT molecular complexity index is 1780.